The van der Waals surface area contributed by atoms with Crippen molar-refractivity contribution in [1.82, 2.24) is 9.97 Å². The van der Waals surface area contributed by atoms with Crippen molar-refractivity contribution in [3.05, 3.63) is 32.6 Å². The zero-order valence-electron chi connectivity index (χ0n) is 7.65. The van der Waals surface area contributed by atoms with Crippen LogP contribution in [0.1, 0.15) is 0 Å². The van der Waals surface area contributed by atoms with E-state index in [1.165, 1.54) is 12.1 Å². The molecule has 0 saturated carbocycles. The Morgan fingerprint density at radius 1 is 1.25 bits per heavy atom. The summed E-state index contributed by atoms with van der Waals surface area (Å²) in [6, 6.07) is 2.87. The maximum atomic E-state index is 10.8. The molecule has 1 aromatic heterocycles. The third-order valence-electron chi connectivity index (χ3n) is 1.94. The minimum absolute atomic E-state index is 0.00480. The van der Waals surface area contributed by atoms with Crippen LogP contribution in [-0.4, -0.2) is 14.9 Å². The lowest BCUT2D eigenvalue weighted by molar-refractivity contribution is -0.382. The van der Waals surface area contributed by atoms with Crippen LogP contribution in [0.5, 0.6) is 0 Å². The summed E-state index contributed by atoms with van der Waals surface area (Å²) in [5.41, 5.74) is 5.48. The number of halogens is 2. The molecular formula is C8H4Cl2N4O2. The first-order chi connectivity index (χ1) is 7.50. The van der Waals surface area contributed by atoms with Crippen molar-refractivity contribution in [2.24, 2.45) is 0 Å². The van der Waals surface area contributed by atoms with Gasteiger partial charge in [0.25, 0.3) is 0 Å². The molecule has 0 atom stereocenters. The Hall–Kier alpha value is -1.66. The summed E-state index contributed by atoms with van der Waals surface area (Å²) in [7, 11) is 0. The van der Waals surface area contributed by atoms with Gasteiger partial charge in [-0.25, -0.2) is 9.97 Å². The standard InChI is InChI=1S/C8H4Cl2N4O2/c9-7-8(10)13-5-4(12-7)2-1-3(11)6(5)14(15)16/h1-2H,11H2. The largest absolute Gasteiger partial charge is 0.393 e. The van der Waals surface area contributed by atoms with E-state index in [9.17, 15) is 10.1 Å². The molecular weight excluding hydrogens is 255 g/mol. The van der Waals surface area contributed by atoms with Crippen LogP contribution in [0.4, 0.5) is 11.4 Å². The van der Waals surface area contributed by atoms with Crippen LogP contribution in [0.2, 0.25) is 10.3 Å². The first-order valence-electron chi connectivity index (χ1n) is 4.06. The molecule has 0 saturated heterocycles. The van der Waals surface area contributed by atoms with E-state index >= 15 is 0 Å². The van der Waals surface area contributed by atoms with Crippen molar-refractivity contribution in [2.75, 3.05) is 5.73 Å². The first kappa shape index (κ1) is 10.8. The summed E-state index contributed by atoms with van der Waals surface area (Å²) in [5, 5.41) is 10.7. The molecule has 0 aliphatic carbocycles. The average Bonchev–Trinajstić information content (AvgIpc) is 2.20. The number of nitro groups is 1. The molecule has 0 radical (unpaired) electrons. The summed E-state index contributed by atoms with van der Waals surface area (Å²) in [6.07, 6.45) is 0. The second-order valence-electron chi connectivity index (χ2n) is 2.93. The van der Waals surface area contributed by atoms with Gasteiger partial charge in [-0.1, -0.05) is 23.2 Å². The Labute approximate surface area is 99.2 Å². The number of hydrogen-bond donors (Lipinski definition) is 1. The van der Waals surface area contributed by atoms with Crippen LogP contribution in [0.15, 0.2) is 12.1 Å². The molecule has 6 nitrogen and oxygen atoms in total. The molecule has 2 rings (SSSR count). The lowest BCUT2D eigenvalue weighted by atomic mass is 10.2. The Bertz CT molecular complexity index is 602. The van der Waals surface area contributed by atoms with E-state index in [1.807, 2.05) is 0 Å². The Morgan fingerprint density at radius 3 is 2.50 bits per heavy atom. The number of benzene rings is 1. The number of anilines is 1. The highest BCUT2D eigenvalue weighted by Crippen LogP contribution is 2.31. The van der Waals surface area contributed by atoms with Gasteiger partial charge in [0.15, 0.2) is 15.8 Å². The smallest absolute Gasteiger partial charge is 0.319 e. The maximum absolute atomic E-state index is 10.8. The van der Waals surface area contributed by atoms with Crippen molar-refractivity contribution in [1.29, 1.82) is 0 Å². The maximum Gasteiger partial charge on any atom is 0.319 e. The van der Waals surface area contributed by atoms with Crippen LogP contribution in [0, 0.1) is 10.1 Å². The molecule has 2 N–H and O–H groups in total. The molecule has 0 unspecified atom stereocenters. The highest BCUT2D eigenvalue weighted by molar-refractivity contribution is 6.40. The van der Waals surface area contributed by atoms with E-state index in [2.05, 4.69) is 9.97 Å². The zero-order chi connectivity index (χ0) is 11.9. The molecule has 0 aliphatic rings. The van der Waals surface area contributed by atoms with Crippen LogP contribution in [0.3, 0.4) is 0 Å². The van der Waals surface area contributed by atoms with Gasteiger partial charge in [0, 0.05) is 0 Å². The first-order valence-corrected chi connectivity index (χ1v) is 4.82. The van der Waals surface area contributed by atoms with Gasteiger partial charge in [-0.05, 0) is 12.1 Å². The van der Waals surface area contributed by atoms with E-state index in [0.717, 1.165) is 0 Å². The topological polar surface area (TPSA) is 94.9 Å². The lowest BCUT2D eigenvalue weighted by Crippen LogP contribution is -1.99. The number of nitro benzene ring substituents is 1. The van der Waals surface area contributed by atoms with Crippen LogP contribution in [0.25, 0.3) is 11.0 Å². The van der Waals surface area contributed by atoms with Crippen molar-refractivity contribution in [3.8, 4) is 0 Å². The van der Waals surface area contributed by atoms with Gasteiger partial charge in [0.05, 0.1) is 10.4 Å². The van der Waals surface area contributed by atoms with Crippen LogP contribution < -0.4 is 5.73 Å². The fraction of sp³-hybridized carbons (Fsp3) is 0. The summed E-state index contributed by atoms with van der Waals surface area (Å²) < 4.78 is 0. The SMILES string of the molecule is Nc1ccc2nc(Cl)c(Cl)nc2c1[N+](=O)[O-]. The van der Waals surface area contributed by atoms with E-state index in [-0.39, 0.29) is 32.7 Å². The van der Waals surface area contributed by atoms with Gasteiger partial charge < -0.3 is 5.73 Å². The fourth-order valence-corrected chi connectivity index (χ4v) is 1.53. The van der Waals surface area contributed by atoms with E-state index < -0.39 is 4.92 Å². The van der Waals surface area contributed by atoms with Crippen LogP contribution >= 0.6 is 23.2 Å². The van der Waals surface area contributed by atoms with Crippen LogP contribution in [-0.2, 0) is 0 Å². The van der Waals surface area contributed by atoms with E-state index in [4.69, 9.17) is 28.9 Å². The molecule has 0 bridgehead atoms. The normalized spacial score (nSPS) is 10.6. The van der Waals surface area contributed by atoms with Crippen molar-refractivity contribution >= 4 is 45.6 Å². The number of hydrogen-bond acceptors (Lipinski definition) is 5. The third kappa shape index (κ3) is 1.62. The van der Waals surface area contributed by atoms with Gasteiger partial charge in [0.2, 0.25) is 0 Å². The second kappa shape index (κ2) is 3.73. The van der Waals surface area contributed by atoms with E-state index in [1.54, 1.807) is 0 Å². The minimum atomic E-state index is -0.628. The molecule has 2 aromatic rings. The lowest BCUT2D eigenvalue weighted by Gasteiger charge is -2.02. The second-order valence-corrected chi connectivity index (χ2v) is 3.65. The number of rotatable bonds is 1. The van der Waals surface area contributed by atoms with Gasteiger partial charge in [-0.15, -0.1) is 0 Å². The Balaban J connectivity index is 2.92. The molecule has 0 amide bonds. The quantitative estimate of drug-likeness (QED) is 0.482. The number of aromatic nitrogens is 2. The Kier molecular flexibility index (Phi) is 2.53. The van der Waals surface area contributed by atoms with Crippen molar-refractivity contribution < 1.29 is 4.92 Å². The van der Waals surface area contributed by atoms with Gasteiger partial charge in [0.1, 0.15) is 5.69 Å². The Morgan fingerprint density at radius 2 is 1.88 bits per heavy atom. The average molecular weight is 259 g/mol. The third-order valence-corrected chi connectivity index (χ3v) is 2.57. The zero-order valence-corrected chi connectivity index (χ0v) is 9.16. The van der Waals surface area contributed by atoms with E-state index in [0.29, 0.717) is 0 Å². The number of fused-ring (bicyclic) bond motifs is 1. The fourth-order valence-electron chi connectivity index (χ4n) is 1.27. The predicted molar refractivity (Wildman–Crippen MR) is 60.6 cm³/mol. The molecule has 0 spiro atoms. The molecule has 0 fully saturated rings. The number of nitrogens with zero attached hydrogens (tertiary/aromatic N) is 3. The minimum Gasteiger partial charge on any atom is -0.393 e. The summed E-state index contributed by atoms with van der Waals surface area (Å²) in [6.45, 7) is 0. The molecule has 16 heavy (non-hydrogen) atoms. The number of nitrogens with two attached hydrogens (primary N) is 1. The highest BCUT2D eigenvalue weighted by atomic mass is 35.5. The molecule has 82 valence electrons. The molecule has 0 aliphatic heterocycles. The monoisotopic (exact) mass is 258 g/mol. The molecule has 1 aromatic carbocycles. The molecule has 8 heteroatoms. The summed E-state index contributed by atoms with van der Waals surface area (Å²) in [5.74, 6) is 0. The van der Waals surface area contributed by atoms with Gasteiger partial charge in [-0.3, -0.25) is 10.1 Å². The van der Waals surface area contributed by atoms with Crippen molar-refractivity contribution in [3.63, 3.8) is 0 Å². The summed E-state index contributed by atoms with van der Waals surface area (Å²) in [4.78, 5) is 17.9. The summed E-state index contributed by atoms with van der Waals surface area (Å²) >= 11 is 11.3. The van der Waals surface area contributed by atoms with Gasteiger partial charge in [-0.2, -0.15) is 0 Å². The van der Waals surface area contributed by atoms with Crippen molar-refractivity contribution in [2.45, 2.75) is 0 Å². The molecule has 1 heterocycles. The number of nitrogen functional groups attached to an aromatic ring is 1. The predicted octanol–water partition coefficient (Wildman–Crippen LogP) is 2.43. The highest BCUT2D eigenvalue weighted by Gasteiger charge is 2.20. The van der Waals surface area contributed by atoms with Gasteiger partial charge >= 0.3 is 5.69 Å².